The first-order chi connectivity index (χ1) is 47.8. The molecule has 0 atom stereocenters. The van der Waals surface area contributed by atoms with E-state index in [1.54, 1.807) is 0 Å². The quantitative estimate of drug-likeness (QED) is 0.0220. The average Bonchev–Trinajstić information content (AvgIpc) is 1.52. The number of amides is 2. The first-order valence-corrected chi connectivity index (χ1v) is 35.1. The molecule has 5 aromatic rings. The fourth-order valence-electron chi connectivity index (χ4n) is 11.1. The van der Waals surface area contributed by atoms with Crippen molar-refractivity contribution in [2.45, 2.75) is 119 Å². The zero-order valence-corrected chi connectivity index (χ0v) is 61.0. The average molecular weight is 1390 g/mol. The summed E-state index contributed by atoms with van der Waals surface area (Å²) in [5, 5.41) is 10.4. The van der Waals surface area contributed by atoms with Crippen LogP contribution >= 0.6 is 0 Å². The van der Waals surface area contributed by atoms with E-state index in [-0.39, 0.29) is 94.5 Å². The number of rotatable bonds is 35. The van der Waals surface area contributed by atoms with Gasteiger partial charge in [0.25, 0.3) is 5.91 Å². The number of aromatic nitrogens is 1. The molecule has 0 bridgehead atoms. The molecule has 0 radical (unpaired) electrons. The number of morpholine rings is 1. The lowest BCUT2D eigenvalue weighted by Crippen LogP contribution is -2.50. The van der Waals surface area contributed by atoms with E-state index in [0.717, 1.165) is 47.5 Å². The molecule has 2 N–H and O–H groups in total. The van der Waals surface area contributed by atoms with Crippen LogP contribution in [0.2, 0.25) is 0 Å². The second-order valence-electron chi connectivity index (χ2n) is 28.3. The SMILES string of the molecule is CC(C)c1cc(-c2onc(C(=O)NCCOCCOCCOCCOCCNC(=O)CN3CCN(CC(=O)OC(C)(C)C)CCN(CC(=O)OC(C)(C)C)CCN(CC(=O)OC(C)(C)C)CC3)c2-c2ccc(CN3CCOCC3)cc2)c(OCc2ccccc2)cc1OCc1ccccc1. The van der Waals surface area contributed by atoms with Crippen LogP contribution in [0.15, 0.2) is 102 Å². The van der Waals surface area contributed by atoms with Gasteiger partial charge in [0.1, 0.15) is 41.5 Å². The first-order valence-electron chi connectivity index (χ1n) is 35.1. The third-order valence-corrected chi connectivity index (χ3v) is 15.9. The van der Waals surface area contributed by atoms with Crippen LogP contribution in [0.1, 0.15) is 115 Å². The van der Waals surface area contributed by atoms with E-state index in [1.807, 2.05) is 167 Å². The molecule has 2 aliphatic heterocycles. The molecule has 2 fully saturated rings. The fraction of sp³-hybridized carbons (Fsp3) is 0.579. The molecule has 24 heteroatoms. The normalized spacial score (nSPS) is 15.4. The zero-order valence-electron chi connectivity index (χ0n) is 61.0. The van der Waals surface area contributed by atoms with E-state index >= 15 is 0 Å². The lowest BCUT2D eigenvalue weighted by molar-refractivity contribution is -0.158. The van der Waals surface area contributed by atoms with Gasteiger partial charge < -0.3 is 62.5 Å². The number of hydrogen-bond donors (Lipinski definition) is 2. The Bertz CT molecular complexity index is 3230. The number of carbonyl (C=O) groups is 5. The van der Waals surface area contributed by atoms with Gasteiger partial charge in [0.2, 0.25) is 5.91 Å². The van der Waals surface area contributed by atoms with Gasteiger partial charge in [0, 0.05) is 91.1 Å². The maximum Gasteiger partial charge on any atom is 0.320 e. The van der Waals surface area contributed by atoms with Crippen LogP contribution in [0.25, 0.3) is 22.5 Å². The van der Waals surface area contributed by atoms with Crippen LogP contribution in [0, 0.1) is 0 Å². The van der Waals surface area contributed by atoms with Gasteiger partial charge in [-0.05, 0) is 102 Å². The van der Waals surface area contributed by atoms with Gasteiger partial charge in [-0.2, -0.15) is 0 Å². The molecular formula is C76H110N8O16. The van der Waals surface area contributed by atoms with Crippen molar-refractivity contribution >= 4 is 29.7 Å². The molecule has 100 heavy (non-hydrogen) atoms. The number of carbonyl (C=O) groups excluding carboxylic acids is 5. The summed E-state index contributed by atoms with van der Waals surface area (Å²) in [7, 11) is 0. The van der Waals surface area contributed by atoms with Crippen molar-refractivity contribution in [2.24, 2.45) is 0 Å². The van der Waals surface area contributed by atoms with Crippen molar-refractivity contribution in [3.63, 3.8) is 0 Å². The Morgan fingerprint density at radius 1 is 0.480 bits per heavy atom. The standard InChI is InChI=1S/C76H110N8O16/c1-57(2)62-48-63(65(96-56-60-20-16-13-17-21-60)49-64(62)95-55-59-18-14-12-15-19-59)72-70(61-24-22-58(23-25-61)50-84-36-40-92-41-37-84)71(79-100-72)73(89)78-27-39-91-43-45-94-47-46-93-44-42-90-38-26-77-66(85)51-80-28-30-81(52-67(86)97-74(3,4)5)32-34-83(54-69(88)99-76(9,10)11)35-33-82(31-29-80)53-68(87)98-75(6,7)8/h12-25,48-49,57H,26-47,50-56H2,1-11H3,(H,77,85)(H,78,89). The Balaban J connectivity index is 0.853. The Morgan fingerprint density at radius 2 is 0.900 bits per heavy atom. The second kappa shape index (κ2) is 40.9. The third kappa shape index (κ3) is 30.1. The van der Waals surface area contributed by atoms with Crippen LogP contribution in [-0.2, 0) is 76.8 Å². The van der Waals surface area contributed by atoms with Gasteiger partial charge in [-0.1, -0.05) is 104 Å². The number of esters is 3. The van der Waals surface area contributed by atoms with E-state index in [9.17, 15) is 24.0 Å². The highest BCUT2D eigenvalue weighted by Gasteiger charge is 2.30. The van der Waals surface area contributed by atoms with Gasteiger partial charge in [-0.15, -0.1) is 0 Å². The Labute approximate surface area is 591 Å². The molecule has 2 saturated heterocycles. The third-order valence-electron chi connectivity index (χ3n) is 15.9. The molecule has 0 aliphatic carbocycles. The van der Waals surface area contributed by atoms with E-state index in [1.165, 1.54) is 0 Å². The van der Waals surface area contributed by atoms with E-state index in [4.69, 9.17) is 51.9 Å². The molecule has 4 aromatic carbocycles. The van der Waals surface area contributed by atoms with Gasteiger partial charge in [0.05, 0.1) is 103 Å². The summed E-state index contributed by atoms with van der Waals surface area (Å²) < 4.78 is 65.1. The highest BCUT2D eigenvalue weighted by Crippen LogP contribution is 2.45. The summed E-state index contributed by atoms with van der Waals surface area (Å²) >= 11 is 0. The molecule has 0 saturated carbocycles. The summed E-state index contributed by atoms with van der Waals surface area (Å²) in [5.41, 5.74) is 4.13. The zero-order chi connectivity index (χ0) is 71.9. The number of benzene rings is 4. The largest absolute Gasteiger partial charge is 0.488 e. The molecule has 0 spiro atoms. The monoisotopic (exact) mass is 1390 g/mol. The molecule has 3 heterocycles. The van der Waals surface area contributed by atoms with E-state index in [0.29, 0.717) is 140 Å². The molecule has 0 unspecified atom stereocenters. The topological polar surface area (TPSA) is 244 Å². The van der Waals surface area contributed by atoms with Crippen molar-refractivity contribution in [2.75, 3.05) is 171 Å². The predicted octanol–water partition coefficient (Wildman–Crippen LogP) is 8.28. The van der Waals surface area contributed by atoms with Crippen molar-refractivity contribution in [3.8, 4) is 33.9 Å². The maximum atomic E-state index is 14.2. The molecule has 2 amide bonds. The smallest absolute Gasteiger partial charge is 0.320 e. The summed E-state index contributed by atoms with van der Waals surface area (Å²) in [6.07, 6.45) is 0. The van der Waals surface area contributed by atoms with Crippen LogP contribution < -0.4 is 20.1 Å². The lowest BCUT2D eigenvalue weighted by Gasteiger charge is -2.34. The lowest BCUT2D eigenvalue weighted by atomic mass is 9.93. The summed E-state index contributed by atoms with van der Waals surface area (Å²) in [4.78, 5) is 77.3. The Hall–Kier alpha value is -7.36. The van der Waals surface area contributed by atoms with E-state index < -0.39 is 22.7 Å². The molecular weight excluding hydrogens is 1280 g/mol. The second-order valence-corrected chi connectivity index (χ2v) is 28.3. The van der Waals surface area contributed by atoms with Gasteiger partial charge >= 0.3 is 17.9 Å². The van der Waals surface area contributed by atoms with E-state index in [2.05, 4.69) is 46.7 Å². The Morgan fingerprint density at radius 3 is 1.34 bits per heavy atom. The van der Waals surface area contributed by atoms with Crippen LogP contribution in [0.3, 0.4) is 0 Å². The van der Waals surface area contributed by atoms with Gasteiger partial charge in [-0.3, -0.25) is 48.5 Å². The fourth-order valence-corrected chi connectivity index (χ4v) is 11.1. The number of hydrogen-bond acceptors (Lipinski definition) is 22. The van der Waals surface area contributed by atoms with Crippen molar-refractivity contribution in [3.05, 3.63) is 125 Å². The highest BCUT2D eigenvalue weighted by molar-refractivity contribution is 6.02. The molecule has 2 aliphatic rings. The molecule has 24 nitrogen and oxygen atoms in total. The Kier molecular flexibility index (Phi) is 32.7. The highest BCUT2D eigenvalue weighted by atomic mass is 16.6. The number of ether oxygens (including phenoxy) is 10. The number of nitrogens with one attached hydrogen (secondary N) is 2. The maximum absolute atomic E-state index is 14.2. The molecule has 1 aromatic heterocycles. The van der Waals surface area contributed by atoms with Crippen LogP contribution in [0.4, 0.5) is 0 Å². The van der Waals surface area contributed by atoms with Crippen molar-refractivity contribution in [1.29, 1.82) is 0 Å². The van der Waals surface area contributed by atoms with Crippen molar-refractivity contribution in [1.82, 2.24) is 40.3 Å². The first kappa shape index (κ1) is 80.0. The predicted molar refractivity (Wildman–Crippen MR) is 381 cm³/mol. The molecule has 550 valence electrons. The van der Waals surface area contributed by atoms with Crippen LogP contribution in [-0.4, -0.2) is 247 Å². The summed E-state index contributed by atoms with van der Waals surface area (Å²) in [5.74, 6) is -0.0871. The van der Waals surface area contributed by atoms with Gasteiger partial charge in [-0.25, -0.2) is 0 Å². The summed E-state index contributed by atoms with van der Waals surface area (Å²) in [6.45, 7) is 31.7. The van der Waals surface area contributed by atoms with Crippen LogP contribution in [0.5, 0.6) is 11.5 Å². The van der Waals surface area contributed by atoms with Crippen molar-refractivity contribution < 1.29 is 75.9 Å². The summed E-state index contributed by atoms with van der Waals surface area (Å²) in [6, 6.07) is 32.1. The minimum atomic E-state index is -0.672. The minimum Gasteiger partial charge on any atom is -0.488 e. The number of nitrogens with zero attached hydrogens (tertiary/aromatic N) is 6. The van der Waals surface area contributed by atoms with Gasteiger partial charge in [0.15, 0.2) is 11.5 Å². The minimum absolute atomic E-state index is 0.0279. The molecule has 7 rings (SSSR count).